The summed E-state index contributed by atoms with van der Waals surface area (Å²) < 4.78 is 4.59. The second-order valence-electron chi connectivity index (χ2n) is 4.81. The van der Waals surface area contributed by atoms with Gasteiger partial charge in [-0.1, -0.05) is 64.7 Å². The topological polar surface area (TPSA) is 26.3 Å². The number of carbonyl (C=O) groups excluding carboxylic acids is 1. The molecule has 0 bridgehead atoms. The van der Waals surface area contributed by atoms with E-state index < -0.39 is 0 Å². The van der Waals surface area contributed by atoms with Gasteiger partial charge in [0.05, 0.1) is 12.9 Å². The Morgan fingerprint density at radius 3 is 1.89 bits per heavy atom. The minimum absolute atomic E-state index is 0.105. The van der Waals surface area contributed by atoms with E-state index in [-0.39, 0.29) is 5.97 Å². The SMILES string of the molecule is CCCCCCCCCCCCSCC(=O)OC. The number of thioether (sulfide) groups is 1. The van der Waals surface area contributed by atoms with E-state index in [1.54, 1.807) is 11.8 Å². The maximum absolute atomic E-state index is 10.9. The van der Waals surface area contributed by atoms with Crippen LogP contribution in [-0.4, -0.2) is 24.6 Å². The molecule has 0 heterocycles. The molecule has 3 heteroatoms. The maximum atomic E-state index is 10.9. The first-order valence-electron chi connectivity index (χ1n) is 7.45. The third-order valence-electron chi connectivity index (χ3n) is 3.09. The summed E-state index contributed by atoms with van der Waals surface area (Å²) in [5.74, 6) is 1.49. The fraction of sp³-hybridized carbons (Fsp3) is 0.933. The molecule has 0 rings (SSSR count). The van der Waals surface area contributed by atoms with Crippen molar-refractivity contribution < 1.29 is 9.53 Å². The smallest absolute Gasteiger partial charge is 0.315 e. The van der Waals surface area contributed by atoms with Gasteiger partial charge in [0.15, 0.2) is 0 Å². The van der Waals surface area contributed by atoms with Crippen molar-refractivity contribution in [3.05, 3.63) is 0 Å². The van der Waals surface area contributed by atoms with Crippen LogP contribution in [0.1, 0.15) is 71.1 Å². The van der Waals surface area contributed by atoms with Crippen LogP contribution in [0.5, 0.6) is 0 Å². The molecule has 0 unspecified atom stereocenters. The molecular formula is C15H30O2S. The predicted octanol–water partition coefficient (Wildman–Crippen LogP) is 4.81. The van der Waals surface area contributed by atoms with Crippen LogP contribution >= 0.6 is 11.8 Å². The molecule has 0 amide bonds. The molecule has 0 N–H and O–H groups in total. The fourth-order valence-electron chi connectivity index (χ4n) is 1.91. The Morgan fingerprint density at radius 1 is 0.889 bits per heavy atom. The molecule has 0 aromatic rings. The summed E-state index contributed by atoms with van der Waals surface area (Å²) in [5.41, 5.74) is 0. The van der Waals surface area contributed by atoms with Crippen molar-refractivity contribution in [2.75, 3.05) is 18.6 Å². The van der Waals surface area contributed by atoms with Crippen LogP contribution in [0.4, 0.5) is 0 Å². The van der Waals surface area contributed by atoms with E-state index in [4.69, 9.17) is 0 Å². The predicted molar refractivity (Wildman–Crippen MR) is 81.2 cm³/mol. The summed E-state index contributed by atoms with van der Waals surface area (Å²) >= 11 is 1.69. The lowest BCUT2D eigenvalue weighted by Gasteiger charge is -2.02. The third-order valence-corrected chi connectivity index (χ3v) is 4.11. The lowest BCUT2D eigenvalue weighted by Crippen LogP contribution is -2.03. The van der Waals surface area contributed by atoms with Gasteiger partial charge in [-0.2, -0.15) is 11.8 Å². The number of carbonyl (C=O) groups is 1. The van der Waals surface area contributed by atoms with E-state index in [0.717, 1.165) is 5.75 Å². The normalized spacial score (nSPS) is 10.6. The molecule has 0 radical (unpaired) electrons. The van der Waals surface area contributed by atoms with Crippen LogP contribution in [0, 0.1) is 0 Å². The highest BCUT2D eigenvalue weighted by molar-refractivity contribution is 7.99. The second kappa shape index (κ2) is 14.9. The Hall–Kier alpha value is -0.180. The zero-order chi connectivity index (χ0) is 13.5. The molecule has 0 fully saturated rings. The summed E-state index contributed by atoms with van der Waals surface area (Å²) in [7, 11) is 1.45. The molecule has 0 aliphatic heterocycles. The van der Waals surface area contributed by atoms with Crippen molar-refractivity contribution in [1.82, 2.24) is 0 Å². The molecular weight excluding hydrogens is 244 g/mol. The quantitative estimate of drug-likeness (QED) is 0.356. The highest BCUT2D eigenvalue weighted by Crippen LogP contribution is 2.12. The molecule has 108 valence electrons. The molecule has 0 saturated carbocycles. The summed E-state index contributed by atoms with van der Waals surface area (Å²) in [5, 5.41) is 0. The Bertz CT molecular complexity index is 183. The minimum Gasteiger partial charge on any atom is -0.468 e. The number of ether oxygens (including phenoxy) is 1. The van der Waals surface area contributed by atoms with Gasteiger partial charge in [-0.25, -0.2) is 0 Å². The van der Waals surface area contributed by atoms with E-state index in [1.165, 1.54) is 71.3 Å². The van der Waals surface area contributed by atoms with Crippen LogP contribution in [0.15, 0.2) is 0 Å². The third kappa shape index (κ3) is 13.9. The average molecular weight is 274 g/mol. The Labute approximate surface area is 117 Å². The van der Waals surface area contributed by atoms with Crippen molar-refractivity contribution in [3.8, 4) is 0 Å². The van der Waals surface area contributed by atoms with Crippen molar-refractivity contribution in [2.24, 2.45) is 0 Å². The molecule has 0 aromatic heterocycles. The molecule has 0 aliphatic carbocycles. The Morgan fingerprint density at radius 2 is 1.39 bits per heavy atom. The van der Waals surface area contributed by atoms with Crippen molar-refractivity contribution in [3.63, 3.8) is 0 Å². The molecule has 0 aromatic carbocycles. The van der Waals surface area contributed by atoms with Gasteiger partial charge in [0, 0.05) is 0 Å². The van der Waals surface area contributed by atoms with Crippen molar-refractivity contribution >= 4 is 17.7 Å². The van der Waals surface area contributed by atoms with Crippen LogP contribution in [0.25, 0.3) is 0 Å². The lowest BCUT2D eigenvalue weighted by molar-refractivity contribution is -0.137. The van der Waals surface area contributed by atoms with Gasteiger partial charge in [-0.15, -0.1) is 0 Å². The number of rotatable bonds is 13. The standard InChI is InChI=1S/C15H30O2S/c1-3-4-5-6-7-8-9-10-11-12-13-18-14-15(16)17-2/h3-14H2,1-2H3. The van der Waals surface area contributed by atoms with Crippen LogP contribution in [0.2, 0.25) is 0 Å². The van der Waals surface area contributed by atoms with Gasteiger partial charge in [-0.3, -0.25) is 4.79 Å². The number of hydrogen-bond acceptors (Lipinski definition) is 3. The molecule has 0 spiro atoms. The van der Waals surface area contributed by atoms with E-state index in [9.17, 15) is 4.79 Å². The molecule has 0 aliphatic rings. The summed E-state index contributed by atoms with van der Waals surface area (Å²) in [6, 6.07) is 0. The molecule has 0 saturated heterocycles. The molecule has 2 nitrogen and oxygen atoms in total. The zero-order valence-corrected chi connectivity index (χ0v) is 13.0. The summed E-state index contributed by atoms with van der Waals surface area (Å²) in [6.45, 7) is 2.26. The van der Waals surface area contributed by atoms with E-state index in [2.05, 4.69) is 11.7 Å². The number of esters is 1. The molecule has 18 heavy (non-hydrogen) atoms. The second-order valence-corrected chi connectivity index (χ2v) is 5.92. The highest BCUT2D eigenvalue weighted by Gasteiger charge is 1.99. The number of unbranched alkanes of at least 4 members (excludes halogenated alkanes) is 9. The van der Waals surface area contributed by atoms with Crippen molar-refractivity contribution in [2.45, 2.75) is 71.1 Å². The first kappa shape index (κ1) is 17.8. The summed E-state index contributed by atoms with van der Waals surface area (Å²) in [6.07, 6.45) is 13.7. The van der Waals surface area contributed by atoms with Gasteiger partial charge < -0.3 is 4.74 Å². The van der Waals surface area contributed by atoms with Gasteiger partial charge >= 0.3 is 5.97 Å². The number of hydrogen-bond donors (Lipinski definition) is 0. The number of methoxy groups -OCH3 is 1. The van der Waals surface area contributed by atoms with E-state index in [0.29, 0.717) is 5.75 Å². The average Bonchev–Trinajstić information content (AvgIpc) is 2.39. The van der Waals surface area contributed by atoms with Gasteiger partial charge in [0.2, 0.25) is 0 Å². The summed E-state index contributed by atoms with van der Waals surface area (Å²) in [4.78, 5) is 10.9. The first-order valence-corrected chi connectivity index (χ1v) is 8.61. The van der Waals surface area contributed by atoms with E-state index in [1.807, 2.05) is 0 Å². The molecule has 0 atom stereocenters. The van der Waals surface area contributed by atoms with Gasteiger partial charge in [0.1, 0.15) is 0 Å². The highest BCUT2D eigenvalue weighted by atomic mass is 32.2. The van der Waals surface area contributed by atoms with E-state index >= 15 is 0 Å². The Kier molecular flexibility index (Phi) is 14.7. The van der Waals surface area contributed by atoms with Crippen LogP contribution in [-0.2, 0) is 9.53 Å². The monoisotopic (exact) mass is 274 g/mol. The van der Waals surface area contributed by atoms with Crippen molar-refractivity contribution in [1.29, 1.82) is 0 Å². The van der Waals surface area contributed by atoms with Crippen LogP contribution < -0.4 is 0 Å². The Balaban J connectivity index is 2.97. The lowest BCUT2D eigenvalue weighted by atomic mass is 10.1. The minimum atomic E-state index is -0.105. The van der Waals surface area contributed by atoms with Crippen LogP contribution in [0.3, 0.4) is 0 Å². The fourth-order valence-corrected chi connectivity index (χ4v) is 2.74. The zero-order valence-electron chi connectivity index (χ0n) is 12.2. The largest absolute Gasteiger partial charge is 0.468 e. The first-order chi connectivity index (χ1) is 8.81. The van der Waals surface area contributed by atoms with Gasteiger partial charge in [0.25, 0.3) is 0 Å². The van der Waals surface area contributed by atoms with Gasteiger partial charge in [-0.05, 0) is 12.2 Å². The maximum Gasteiger partial charge on any atom is 0.315 e.